The molecule has 10 aromatic carbocycles. The number of nitrogens with zero attached hydrogens (tertiary/aromatic N) is 2. The minimum Gasteiger partial charge on any atom is -0.456 e. The van der Waals surface area contributed by atoms with Crippen LogP contribution in [0.2, 0.25) is 0 Å². The van der Waals surface area contributed by atoms with E-state index in [4.69, 9.17) is 4.42 Å². The number of fused-ring (bicyclic) bond motifs is 6. The summed E-state index contributed by atoms with van der Waals surface area (Å²) < 4.78 is 8.76. The van der Waals surface area contributed by atoms with Crippen LogP contribution >= 0.6 is 0 Å². The summed E-state index contributed by atoms with van der Waals surface area (Å²) in [6.07, 6.45) is 0. The zero-order valence-electron chi connectivity index (χ0n) is 34.4. The summed E-state index contributed by atoms with van der Waals surface area (Å²) in [5.41, 5.74) is 17.9. The van der Waals surface area contributed by atoms with Crippen molar-refractivity contribution in [2.45, 2.75) is 0 Å². The maximum atomic E-state index is 6.38. The highest BCUT2D eigenvalue weighted by Crippen LogP contribution is 2.44. The van der Waals surface area contributed by atoms with Gasteiger partial charge in [-0.3, -0.25) is 0 Å². The molecule has 0 saturated heterocycles. The predicted molar refractivity (Wildman–Crippen MR) is 264 cm³/mol. The minimum absolute atomic E-state index is 0.885. The van der Waals surface area contributed by atoms with Gasteiger partial charge in [-0.25, -0.2) is 0 Å². The van der Waals surface area contributed by atoms with Gasteiger partial charge in [-0.15, -0.1) is 0 Å². The van der Waals surface area contributed by atoms with Crippen molar-refractivity contribution in [1.29, 1.82) is 0 Å². The van der Waals surface area contributed by atoms with Crippen LogP contribution in [0.4, 0.5) is 17.1 Å². The van der Waals surface area contributed by atoms with Gasteiger partial charge in [-0.2, -0.15) is 0 Å². The molecule has 3 nitrogen and oxygen atoms in total. The summed E-state index contributed by atoms with van der Waals surface area (Å²) in [6.45, 7) is 0. The monoisotopic (exact) mass is 804 g/mol. The number of furan rings is 1. The smallest absolute Gasteiger partial charge is 0.137 e. The minimum atomic E-state index is 0.885. The van der Waals surface area contributed by atoms with Gasteiger partial charge in [0, 0.05) is 50.2 Å². The molecule has 2 heterocycles. The molecule has 2 aromatic heterocycles. The molecule has 0 aliphatic heterocycles. The maximum Gasteiger partial charge on any atom is 0.137 e. The zero-order chi connectivity index (χ0) is 41.7. The van der Waals surface area contributed by atoms with E-state index < -0.39 is 0 Å². The number of rotatable bonds is 8. The molecule has 0 amide bonds. The van der Waals surface area contributed by atoms with E-state index in [2.05, 4.69) is 240 Å². The second-order valence-corrected chi connectivity index (χ2v) is 16.1. The Morgan fingerprint density at radius 3 is 1.54 bits per heavy atom. The fourth-order valence-electron chi connectivity index (χ4n) is 9.45. The number of hydrogen-bond donors (Lipinski definition) is 0. The Kier molecular flexibility index (Phi) is 8.83. The summed E-state index contributed by atoms with van der Waals surface area (Å²) in [7, 11) is 0. The van der Waals surface area contributed by atoms with Gasteiger partial charge in [0.25, 0.3) is 0 Å². The van der Waals surface area contributed by atoms with E-state index in [9.17, 15) is 0 Å². The Hall–Kier alpha value is -8.40. The van der Waals surface area contributed by atoms with Crippen molar-refractivity contribution in [2.75, 3.05) is 4.90 Å². The highest BCUT2D eigenvalue weighted by atomic mass is 16.3. The third kappa shape index (κ3) is 6.38. The Bertz CT molecular complexity index is 3520. The second kappa shape index (κ2) is 15.3. The van der Waals surface area contributed by atoms with Gasteiger partial charge in [0.15, 0.2) is 0 Å². The van der Waals surface area contributed by atoms with Crippen LogP contribution in [0.25, 0.3) is 93.9 Å². The number of anilines is 3. The molecule has 12 aromatic rings. The summed E-state index contributed by atoms with van der Waals surface area (Å²) in [6, 6.07) is 87.1. The third-order valence-corrected chi connectivity index (χ3v) is 12.4. The molecule has 0 unspecified atom stereocenters. The first kappa shape index (κ1) is 36.5. The second-order valence-electron chi connectivity index (χ2n) is 16.1. The maximum absolute atomic E-state index is 6.38. The van der Waals surface area contributed by atoms with Gasteiger partial charge in [0.1, 0.15) is 11.2 Å². The average molecular weight is 805 g/mol. The van der Waals surface area contributed by atoms with E-state index in [1.807, 2.05) is 12.1 Å². The van der Waals surface area contributed by atoms with Crippen molar-refractivity contribution in [2.24, 2.45) is 0 Å². The van der Waals surface area contributed by atoms with Crippen LogP contribution in [0.5, 0.6) is 0 Å². The lowest BCUT2D eigenvalue weighted by atomic mass is 9.94. The normalized spacial score (nSPS) is 11.5. The van der Waals surface area contributed by atoms with Crippen LogP contribution < -0.4 is 4.90 Å². The van der Waals surface area contributed by atoms with Crippen LogP contribution in [0.1, 0.15) is 0 Å². The summed E-state index contributed by atoms with van der Waals surface area (Å²) in [5.74, 6) is 0. The zero-order valence-corrected chi connectivity index (χ0v) is 34.4. The number of hydrogen-bond acceptors (Lipinski definition) is 2. The Morgan fingerprint density at radius 1 is 0.317 bits per heavy atom. The van der Waals surface area contributed by atoms with E-state index in [0.29, 0.717) is 0 Å². The van der Waals surface area contributed by atoms with Crippen molar-refractivity contribution in [1.82, 2.24) is 4.57 Å². The lowest BCUT2D eigenvalue weighted by Gasteiger charge is -2.28. The van der Waals surface area contributed by atoms with Gasteiger partial charge in [0.05, 0.1) is 16.7 Å². The fraction of sp³-hybridized carbons (Fsp3) is 0. The SMILES string of the molecule is c1ccc(-c2ccc(N(c3ccc(-c4ccccc4)cc3)c3ccccc3-c3cccc(-c4cccc5c4c4ccccc4n5-c4ccc5c(c4)oc4ccccc45)c3)cc2)cc1. The molecule has 0 fully saturated rings. The van der Waals surface area contributed by atoms with Crippen LogP contribution in [0, 0.1) is 0 Å². The molecular formula is C60H40N2O. The fourth-order valence-corrected chi connectivity index (χ4v) is 9.45. The Balaban J connectivity index is 0.987. The van der Waals surface area contributed by atoms with Crippen LogP contribution in [0.15, 0.2) is 247 Å². The van der Waals surface area contributed by atoms with E-state index in [1.54, 1.807) is 0 Å². The highest BCUT2D eigenvalue weighted by Gasteiger charge is 2.20. The molecule has 0 saturated carbocycles. The number of aromatic nitrogens is 1. The van der Waals surface area contributed by atoms with Crippen LogP contribution in [0.3, 0.4) is 0 Å². The Morgan fingerprint density at radius 2 is 0.825 bits per heavy atom. The van der Waals surface area contributed by atoms with Crippen molar-refractivity contribution < 1.29 is 4.42 Å². The lowest BCUT2D eigenvalue weighted by Crippen LogP contribution is -2.11. The molecule has 0 N–H and O–H groups in total. The van der Waals surface area contributed by atoms with E-state index in [1.165, 1.54) is 38.6 Å². The van der Waals surface area contributed by atoms with Gasteiger partial charge >= 0.3 is 0 Å². The summed E-state index contributed by atoms with van der Waals surface area (Å²) in [5, 5.41) is 4.69. The van der Waals surface area contributed by atoms with E-state index in [0.717, 1.165) is 72.4 Å². The molecule has 296 valence electrons. The number of benzene rings is 10. The third-order valence-electron chi connectivity index (χ3n) is 12.4. The molecule has 0 aliphatic rings. The lowest BCUT2D eigenvalue weighted by molar-refractivity contribution is 0.668. The van der Waals surface area contributed by atoms with Gasteiger partial charge < -0.3 is 13.9 Å². The Labute approximate surface area is 366 Å². The van der Waals surface area contributed by atoms with Crippen LogP contribution in [-0.2, 0) is 0 Å². The molecular weight excluding hydrogens is 765 g/mol. The first-order valence-electron chi connectivity index (χ1n) is 21.5. The molecule has 0 radical (unpaired) electrons. The largest absolute Gasteiger partial charge is 0.456 e. The van der Waals surface area contributed by atoms with E-state index >= 15 is 0 Å². The van der Waals surface area contributed by atoms with Crippen LogP contribution in [-0.4, -0.2) is 4.57 Å². The molecule has 0 aliphatic carbocycles. The van der Waals surface area contributed by atoms with Crippen molar-refractivity contribution in [3.8, 4) is 50.2 Å². The molecule has 63 heavy (non-hydrogen) atoms. The molecule has 12 rings (SSSR count). The molecule has 3 heteroatoms. The van der Waals surface area contributed by atoms with Crippen molar-refractivity contribution >= 4 is 60.8 Å². The topological polar surface area (TPSA) is 21.3 Å². The molecule has 0 atom stereocenters. The van der Waals surface area contributed by atoms with Crippen molar-refractivity contribution in [3.05, 3.63) is 243 Å². The summed E-state index contributed by atoms with van der Waals surface area (Å²) >= 11 is 0. The molecule has 0 bridgehead atoms. The van der Waals surface area contributed by atoms with Gasteiger partial charge in [-0.1, -0.05) is 170 Å². The quantitative estimate of drug-likeness (QED) is 0.153. The summed E-state index contributed by atoms with van der Waals surface area (Å²) in [4.78, 5) is 2.39. The number of para-hydroxylation sites is 3. The first-order valence-corrected chi connectivity index (χ1v) is 21.5. The first-order chi connectivity index (χ1) is 31.2. The average Bonchev–Trinajstić information content (AvgIpc) is 3.91. The predicted octanol–water partition coefficient (Wildman–Crippen LogP) is 16.8. The molecule has 0 spiro atoms. The van der Waals surface area contributed by atoms with Gasteiger partial charge in [-0.05, 0) is 106 Å². The standard InChI is InChI=1S/C60H40N2O/c1-3-15-41(16-4-1)43-29-33-47(34-30-43)61(48-35-31-44(32-36-48)42-17-5-2-6-18-42)55-25-10-7-21-50(55)45-19-13-20-46(39-45)51-24-14-27-57-60(51)54-23-8-11-26-56(54)62(57)49-37-38-53-52-22-9-12-28-58(52)63-59(53)40-49/h1-40H. The van der Waals surface area contributed by atoms with E-state index in [-0.39, 0.29) is 0 Å². The van der Waals surface area contributed by atoms with Gasteiger partial charge in [0.2, 0.25) is 0 Å². The highest BCUT2D eigenvalue weighted by molar-refractivity contribution is 6.16. The van der Waals surface area contributed by atoms with Crippen molar-refractivity contribution in [3.63, 3.8) is 0 Å².